The number of imidazole rings is 1. The predicted molar refractivity (Wildman–Crippen MR) is 78.8 cm³/mol. The van der Waals surface area contributed by atoms with E-state index in [1.807, 2.05) is 25.5 Å². The Kier molecular flexibility index (Phi) is 3.74. The number of nitrogens with zero attached hydrogens (tertiary/aromatic N) is 2. The summed E-state index contributed by atoms with van der Waals surface area (Å²) in [6, 6.07) is 8.44. The lowest BCUT2D eigenvalue weighted by Crippen LogP contribution is -2.24. The first kappa shape index (κ1) is 13.2. The van der Waals surface area contributed by atoms with Gasteiger partial charge in [-0.3, -0.25) is 0 Å². The zero-order valence-electron chi connectivity index (χ0n) is 12.0. The first-order valence-electron chi connectivity index (χ1n) is 7.25. The monoisotopic (exact) mass is 271 g/mol. The molecule has 1 heterocycles. The van der Waals surface area contributed by atoms with Crippen LogP contribution >= 0.6 is 0 Å². The van der Waals surface area contributed by atoms with Gasteiger partial charge >= 0.3 is 0 Å². The third-order valence-electron chi connectivity index (χ3n) is 3.54. The Morgan fingerprint density at radius 2 is 2.30 bits per heavy atom. The lowest BCUT2D eigenvalue weighted by Gasteiger charge is -2.19. The minimum absolute atomic E-state index is 0.0998. The highest BCUT2D eigenvalue weighted by Crippen LogP contribution is 2.29. The number of nitrogens with one attached hydrogen (secondary N) is 1. The molecule has 1 atom stereocenters. The number of hydrogen-bond acceptors (Lipinski definition) is 3. The van der Waals surface area contributed by atoms with E-state index in [9.17, 15) is 0 Å². The van der Waals surface area contributed by atoms with Crippen LogP contribution < -0.4 is 10.1 Å². The Morgan fingerprint density at radius 1 is 1.45 bits per heavy atom. The van der Waals surface area contributed by atoms with E-state index in [0.29, 0.717) is 6.10 Å². The van der Waals surface area contributed by atoms with Crippen LogP contribution in [0.1, 0.15) is 37.2 Å². The van der Waals surface area contributed by atoms with Gasteiger partial charge in [0.2, 0.25) is 0 Å². The van der Waals surface area contributed by atoms with Crippen molar-refractivity contribution in [1.29, 1.82) is 0 Å². The molecule has 0 spiro atoms. The maximum absolute atomic E-state index is 5.89. The highest BCUT2D eigenvalue weighted by molar-refractivity contribution is 5.34. The molecule has 1 unspecified atom stereocenters. The summed E-state index contributed by atoms with van der Waals surface area (Å²) < 4.78 is 7.94. The van der Waals surface area contributed by atoms with Gasteiger partial charge in [0.1, 0.15) is 11.6 Å². The number of benzene rings is 1. The van der Waals surface area contributed by atoms with Gasteiger partial charge in [-0.15, -0.1) is 0 Å². The molecule has 1 aromatic heterocycles. The summed E-state index contributed by atoms with van der Waals surface area (Å²) in [7, 11) is 2.03. The van der Waals surface area contributed by atoms with Gasteiger partial charge in [0, 0.05) is 19.4 Å². The van der Waals surface area contributed by atoms with Crippen molar-refractivity contribution in [1.82, 2.24) is 14.9 Å². The highest BCUT2D eigenvalue weighted by Gasteiger charge is 2.24. The van der Waals surface area contributed by atoms with Crippen LogP contribution in [-0.2, 0) is 7.05 Å². The summed E-state index contributed by atoms with van der Waals surface area (Å²) >= 11 is 0. The summed E-state index contributed by atoms with van der Waals surface area (Å²) in [5.74, 6) is 1.98. The lowest BCUT2D eigenvalue weighted by molar-refractivity contribution is 0.302. The van der Waals surface area contributed by atoms with Crippen molar-refractivity contribution < 1.29 is 4.74 Å². The molecule has 106 valence electrons. The lowest BCUT2D eigenvalue weighted by atomic mass is 10.1. The maximum Gasteiger partial charge on any atom is 0.130 e. The SMILES string of the molecule is CCNC(c1cccc(OC2CC2)c1)c1nccn1C. The molecule has 0 radical (unpaired) electrons. The average Bonchev–Trinajstić information content (AvgIpc) is 3.16. The van der Waals surface area contributed by atoms with E-state index in [0.717, 1.165) is 18.1 Å². The molecule has 0 amide bonds. The van der Waals surface area contributed by atoms with Gasteiger partial charge in [-0.2, -0.15) is 0 Å². The summed E-state index contributed by atoms with van der Waals surface area (Å²) in [4.78, 5) is 4.47. The van der Waals surface area contributed by atoms with Crippen molar-refractivity contribution in [3.05, 3.63) is 48.0 Å². The maximum atomic E-state index is 5.89. The van der Waals surface area contributed by atoms with Gasteiger partial charge in [0.05, 0.1) is 12.1 Å². The molecule has 0 aliphatic heterocycles. The Bertz CT molecular complexity index is 575. The third kappa shape index (κ3) is 2.85. The Morgan fingerprint density at radius 3 is 2.95 bits per heavy atom. The van der Waals surface area contributed by atoms with E-state index in [1.165, 1.54) is 18.4 Å². The fraction of sp³-hybridized carbons (Fsp3) is 0.438. The van der Waals surface area contributed by atoms with E-state index < -0.39 is 0 Å². The second kappa shape index (κ2) is 5.67. The average molecular weight is 271 g/mol. The normalized spacial score (nSPS) is 16.1. The topological polar surface area (TPSA) is 39.1 Å². The molecule has 2 aromatic rings. The van der Waals surface area contributed by atoms with Crippen LogP contribution in [0.15, 0.2) is 36.7 Å². The molecule has 1 aliphatic rings. The molecule has 1 aromatic carbocycles. The van der Waals surface area contributed by atoms with Crippen molar-refractivity contribution in [2.45, 2.75) is 31.9 Å². The van der Waals surface area contributed by atoms with Crippen LogP contribution in [-0.4, -0.2) is 22.2 Å². The molecular formula is C16H21N3O. The van der Waals surface area contributed by atoms with Crippen molar-refractivity contribution in [3.63, 3.8) is 0 Å². The van der Waals surface area contributed by atoms with E-state index in [4.69, 9.17) is 4.74 Å². The van der Waals surface area contributed by atoms with Crippen molar-refractivity contribution in [2.24, 2.45) is 7.05 Å². The van der Waals surface area contributed by atoms with E-state index in [2.05, 4.69) is 40.0 Å². The molecule has 1 N–H and O–H groups in total. The fourth-order valence-electron chi connectivity index (χ4n) is 2.36. The van der Waals surface area contributed by atoms with E-state index >= 15 is 0 Å². The highest BCUT2D eigenvalue weighted by atomic mass is 16.5. The largest absolute Gasteiger partial charge is 0.490 e. The summed E-state index contributed by atoms with van der Waals surface area (Å²) in [6.45, 7) is 3.01. The minimum Gasteiger partial charge on any atom is -0.490 e. The zero-order chi connectivity index (χ0) is 13.9. The molecule has 4 nitrogen and oxygen atoms in total. The number of rotatable bonds is 6. The molecule has 1 saturated carbocycles. The van der Waals surface area contributed by atoms with Crippen LogP contribution in [0.25, 0.3) is 0 Å². The van der Waals surface area contributed by atoms with Crippen LogP contribution in [0.5, 0.6) is 5.75 Å². The first-order chi connectivity index (χ1) is 9.78. The van der Waals surface area contributed by atoms with Crippen molar-refractivity contribution >= 4 is 0 Å². The smallest absolute Gasteiger partial charge is 0.130 e. The second-order valence-corrected chi connectivity index (χ2v) is 5.28. The quantitative estimate of drug-likeness (QED) is 0.878. The third-order valence-corrected chi connectivity index (χ3v) is 3.54. The number of ether oxygens (including phenoxy) is 1. The van der Waals surface area contributed by atoms with Gasteiger partial charge in [-0.25, -0.2) is 4.98 Å². The van der Waals surface area contributed by atoms with Gasteiger partial charge in [0.15, 0.2) is 0 Å². The predicted octanol–water partition coefficient (Wildman–Crippen LogP) is 2.66. The molecular weight excluding hydrogens is 250 g/mol. The van der Waals surface area contributed by atoms with Crippen LogP contribution in [0, 0.1) is 0 Å². The summed E-state index contributed by atoms with van der Waals surface area (Å²) in [5.41, 5.74) is 1.19. The number of aryl methyl sites for hydroxylation is 1. The fourth-order valence-corrected chi connectivity index (χ4v) is 2.36. The molecule has 3 rings (SSSR count). The number of aromatic nitrogens is 2. The first-order valence-corrected chi connectivity index (χ1v) is 7.25. The summed E-state index contributed by atoms with van der Waals surface area (Å²) in [5, 5.41) is 3.50. The molecule has 4 heteroatoms. The van der Waals surface area contributed by atoms with Gasteiger partial charge < -0.3 is 14.6 Å². The van der Waals surface area contributed by atoms with Crippen molar-refractivity contribution in [3.8, 4) is 5.75 Å². The van der Waals surface area contributed by atoms with E-state index in [-0.39, 0.29) is 6.04 Å². The molecule has 20 heavy (non-hydrogen) atoms. The van der Waals surface area contributed by atoms with Gasteiger partial charge in [-0.1, -0.05) is 19.1 Å². The standard InChI is InChI=1S/C16H21N3O/c1-3-17-15(16-18-9-10-19(16)2)12-5-4-6-14(11-12)20-13-7-8-13/h4-6,9-11,13,15,17H,3,7-8H2,1-2H3. The minimum atomic E-state index is 0.0998. The van der Waals surface area contributed by atoms with Crippen LogP contribution in [0.3, 0.4) is 0 Å². The number of hydrogen-bond donors (Lipinski definition) is 1. The zero-order valence-corrected chi connectivity index (χ0v) is 12.0. The van der Waals surface area contributed by atoms with Gasteiger partial charge in [0.25, 0.3) is 0 Å². The Hall–Kier alpha value is -1.81. The second-order valence-electron chi connectivity index (χ2n) is 5.28. The molecule has 1 aliphatic carbocycles. The van der Waals surface area contributed by atoms with Crippen LogP contribution in [0.2, 0.25) is 0 Å². The molecule has 0 bridgehead atoms. The Balaban J connectivity index is 1.88. The summed E-state index contributed by atoms with van der Waals surface area (Å²) in [6.07, 6.45) is 6.60. The molecule has 1 fully saturated rings. The van der Waals surface area contributed by atoms with Gasteiger partial charge in [-0.05, 0) is 37.1 Å². The van der Waals surface area contributed by atoms with Crippen molar-refractivity contribution in [2.75, 3.05) is 6.54 Å². The van der Waals surface area contributed by atoms with Crippen LogP contribution in [0.4, 0.5) is 0 Å². The molecule has 0 saturated heterocycles. The Labute approximate surface area is 119 Å². The van der Waals surface area contributed by atoms with E-state index in [1.54, 1.807) is 0 Å².